The molecule has 0 radical (unpaired) electrons. The van der Waals surface area contributed by atoms with Gasteiger partial charge < -0.3 is 15.1 Å². The lowest BCUT2D eigenvalue weighted by Gasteiger charge is -2.26. The van der Waals surface area contributed by atoms with Crippen LogP contribution >= 0.6 is 0 Å². The summed E-state index contributed by atoms with van der Waals surface area (Å²) < 4.78 is 47.3. The number of aryl methyl sites for hydroxylation is 1. The molecule has 4 aromatic rings. The van der Waals surface area contributed by atoms with Crippen molar-refractivity contribution in [3.8, 4) is 11.3 Å². The Labute approximate surface area is 234 Å². The van der Waals surface area contributed by atoms with Crippen molar-refractivity contribution >= 4 is 17.5 Å². The van der Waals surface area contributed by atoms with Gasteiger partial charge in [0.15, 0.2) is 0 Å². The van der Waals surface area contributed by atoms with E-state index in [1.807, 2.05) is 39.0 Å². The normalized spacial score (nSPS) is 16.2. The van der Waals surface area contributed by atoms with Crippen molar-refractivity contribution < 1.29 is 22.4 Å². The number of carbonyl (C=O) groups excluding carboxylic acids is 1. The van der Waals surface area contributed by atoms with Crippen LogP contribution in [0.1, 0.15) is 54.5 Å². The van der Waals surface area contributed by atoms with Gasteiger partial charge in [-0.2, -0.15) is 18.3 Å². The van der Waals surface area contributed by atoms with E-state index in [0.29, 0.717) is 23.6 Å². The maximum absolute atomic E-state index is 13.4. The quantitative estimate of drug-likeness (QED) is 0.351. The van der Waals surface area contributed by atoms with E-state index in [1.54, 1.807) is 36.4 Å². The van der Waals surface area contributed by atoms with Crippen LogP contribution in [0.4, 0.5) is 24.8 Å². The second-order valence-electron chi connectivity index (χ2n) is 11.0. The zero-order valence-electron chi connectivity index (χ0n) is 23.0. The third-order valence-corrected chi connectivity index (χ3v) is 6.54. The number of aromatic nitrogens is 6. The van der Waals surface area contributed by atoms with Gasteiger partial charge >= 0.3 is 18.0 Å². The number of halogens is 3. The molecule has 41 heavy (non-hydrogen) atoms. The zero-order chi connectivity index (χ0) is 29.4. The number of alkyl halides is 3. The van der Waals surface area contributed by atoms with Crippen LogP contribution < -0.4 is 10.6 Å². The number of fused-ring (bicyclic) bond motifs is 1. The minimum Gasteiger partial charge on any atom is -0.416 e. The third-order valence-electron chi connectivity index (χ3n) is 6.54. The van der Waals surface area contributed by atoms with Crippen LogP contribution in [0, 0.1) is 0 Å². The number of nitrogens with zero attached hydrogens (tertiary/aromatic N) is 7. The summed E-state index contributed by atoms with van der Waals surface area (Å²) in [4.78, 5) is 23.2. The molecule has 0 saturated heterocycles. The highest BCUT2D eigenvalue weighted by atomic mass is 19.4. The number of carbonyl (C=O) groups is 1. The summed E-state index contributed by atoms with van der Waals surface area (Å²) in [6.07, 6.45) is 1.03. The predicted molar refractivity (Wildman–Crippen MR) is 143 cm³/mol. The molecule has 11 nitrogen and oxygen atoms in total. The zero-order valence-corrected chi connectivity index (χ0v) is 23.0. The van der Waals surface area contributed by atoms with E-state index in [4.69, 9.17) is 4.42 Å². The third kappa shape index (κ3) is 6.88. The molecule has 14 heteroatoms. The highest BCUT2D eigenvalue weighted by Crippen LogP contribution is 2.31. The Kier molecular flexibility index (Phi) is 7.51. The van der Waals surface area contributed by atoms with E-state index in [0.717, 1.165) is 16.8 Å². The number of rotatable bonds is 6. The predicted octanol–water partition coefficient (Wildman–Crippen LogP) is 4.19. The average molecular weight is 570 g/mol. The van der Waals surface area contributed by atoms with Gasteiger partial charge in [-0.1, -0.05) is 32.9 Å². The number of anilines is 2. The fourth-order valence-corrected chi connectivity index (χ4v) is 4.60. The molecule has 1 aromatic carbocycles. The Hall–Kier alpha value is -4.33. The van der Waals surface area contributed by atoms with Crippen LogP contribution in [0.2, 0.25) is 0 Å². The van der Waals surface area contributed by atoms with Crippen LogP contribution in [-0.4, -0.2) is 66.6 Å². The SMILES string of the molecule is Cn1cc(Nc2nccc(-c3ccc4c(c3)CCN(CC(F)(F)F)C[C@H]4NC(=O)c3nnc(C(C)(C)C)o3)n2)cn1. The molecule has 0 unspecified atom stereocenters. The highest BCUT2D eigenvalue weighted by Gasteiger charge is 2.35. The first-order valence-corrected chi connectivity index (χ1v) is 13.0. The molecule has 1 aliphatic rings. The largest absolute Gasteiger partial charge is 0.416 e. The second-order valence-corrected chi connectivity index (χ2v) is 11.0. The molecular weight excluding hydrogens is 539 g/mol. The molecule has 0 fully saturated rings. The molecule has 0 aliphatic carbocycles. The first-order chi connectivity index (χ1) is 19.3. The van der Waals surface area contributed by atoms with Crippen LogP contribution in [0.25, 0.3) is 11.3 Å². The maximum atomic E-state index is 13.4. The summed E-state index contributed by atoms with van der Waals surface area (Å²) >= 11 is 0. The van der Waals surface area contributed by atoms with E-state index in [2.05, 4.69) is 35.9 Å². The number of nitrogens with one attached hydrogen (secondary N) is 2. The van der Waals surface area contributed by atoms with Crippen molar-refractivity contribution in [2.45, 2.75) is 44.8 Å². The molecular formula is C27H30F3N9O2. The van der Waals surface area contributed by atoms with Gasteiger partial charge in [0.1, 0.15) is 0 Å². The summed E-state index contributed by atoms with van der Waals surface area (Å²) in [5.41, 5.74) is 3.18. The maximum Gasteiger partial charge on any atom is 0.401 e. The van der Waals surface area contributed by atoms with Crippen LogP contribution in [0.5, 0.6) is 0 Å². The van der Waals surface area contributed by atoms with Gasteiger partial charge in [-0.3, -0.25) is 14.4 Å². The Morgan fingerprint density at radius 3 is 2.66 bits per heavy atom. The van der Waals surface area contributed by atoms with Crippen molar-refractivity contribution in [2.75, 3.05) is 25.0 Å². The van der Waals surface area contributed by atoms with Gasteiger partial charge in [-0.25, -0.2) is 9.97 Å². The number of benzene rings is 1. The molecule has 1 aliphatic heterocycles. The molecule has 0 saturated carbocycles. The van der Waals surface area contributed by atoms with Crippen molar-refractivity contribution in [1.82, 2.24) is 40.2 Å². The van der Waals surface area contributed by atoms with Crippen molar-refractivity contribution in [1.29, 1.82) is 0 Å². The van der Waals surface area contributed by atoms with Crippen molar-refractivity contribution in [2.24, 2.45) is 7.05 Å². The summed E-state index contributed by atoms with van der Waals surface area (Å²) in [7, 11) is 1.80. The topological polar surface area (TPSA) is 127 Å². The fourth-order valence-electron chi connectivity index (χ4n) is 4.60. The Bertz CT molecular complexity index is 1540. The Balaban J connectivity index is 1.42. The lowest BCUT2D eigenvalue weighted by atomic mass is 9.96. The molecule has 1 amide bonds. The molecule has 2 N–H and O–H groups in total. The van der Waals surface area contributed by atoms with E-state index in [-0.39, 0.29) is 24.9 Å². The van der Waals surface area contributed by atoms with E-state index in [9.17, 15) is 18.0 Å². The van der Waals surface area contributed by atoms with Crippen LogP contribution in [-0.2, 0) is 18.9 Å². The van der Waals surface area contributed by atoms with Gasteiger partial charge in [0.05, 0.1) is 30.2 Å². The first-order valence-electron chi connectivity index (χ1n) is 13.0. The fraction of sp³-hybridized carbons (Fsp3) is 0.407. The lowest BCUT2D eigenvalue weighted by molar-refractivity contribution is -0.146. The molecule has 5 rings (SSSR count). The standard InChI is InChI=1S/C27H30F3N9O2/c1-26(2,3)24-37-36-23(41-24)22(40)34-21-14-39(15-27(28,29)30)10-8-16-11-17(5-6-19(16)21)20-7-9-31-25(35-20)33-18-12-32-38(4)13-18/h5-7,9,11-13,21H,8,10,14-15H2,1-4H3,(H,34,40)(H,31,33,35)/t21-/m1/s1. The van der Waals surface area contributed by atoms with Crippen LogP contribution in [0.3, 0.4) is 0 Å². The second kappa shape index (κ2) is 10.9. The van der Waals surface area contributed by atoms with Crippen molar-refractivity contribution in [3.63, 3.8) is 0 Å². The van der Waals surface area contributed by atoms with E-state index < -0.39 is 30.1 Å². The summed E-state index contributed by atoms with van der Waals surface area (Å²) in [6.45, 7) is 4.63. The molecule has 3 aromatic heterocycles. The Morgan fingerprint density at radius 1 is 1.17 bits per heavy atom. The van der Waals surface area contributed by atoms with E-state index in [1.165, 1.54) is 4.90 Å². The van der Waals surface area contributed by atoms with Gasteiger partial charge in [0.2, 0.25) is 11.8 Å². The molecule has 0 bridgehead atoms. The minimum absolute atomic E-state index is 0.0372. The lowest BCUT2D eigenvalue weighted by Crippen LogP contribution is -2.41. The number of hydrogen-bond donors (Lipinski definition) is 2. The summed E-state index contributed by atoms with van der Waals surface area (Å²) in [6, 6.07) is 6.56. The number of hydrogen-bond acceptors (Lipinski definition) is 9. The Morgan fingerprint density at radius 2 is 1.98 bits per heavy atom. The minimum atomic E-state index is -4.39. The van der Waals surface area contributed by atoms with Crippen LogP contribution in [0.15, 0.2) is 47.3 Å². The molecule has 1 atom stereocenters. The highest BCUT2D eigenvalue weighted by molar-refractivity contribution is 5.89. The summed E-state index contributed by atoms with van der Waals surface area (Å²) in [5.74, 6) is -0.228. The smallest absolute Gasteiger partial charge is 0.401 e. The van der Waals surface area contributed by atoms with Gasteiger partial charge in [0.25, 0.3) is 0 Å². The monoisotopic (exact) mass is 569 g/mol. The molecule has 4 heterocycles. The molecule has 0 spiro atoms. The average Bonchev–Trinajstić information content (AvgIpc) is 3.52. The molecule has 216 valence electrons. The van der Waals surface area contributed by atoms with Gasteiger partial charge in [-0.15, -0.1) is 10.2 Å². The van der Waals surface area contributed by atoms with Gasteiger partial charge in [0, 0.05) is 43.5 Å². The first kappa shape index (κ1) is 28.2. The number of amides is 1. The van der Waals surface area contributed by atoms with Crippen molar-refractivity contribution in [3.05, 3.63) is 65.8 Å². The summed E-state index contributed by atoms with van der Waals surface area (Å²) in [5, 5.41) is 17.8. The van der Waals surface area contributed by atoms with E-state index >= 15 is 0 Å². The van der Waals surface area contributed by atoms with Gasteiger partial charge in [-0.05, 0) is 29.7 Å².